The number of rotatable bonds is 2. The minimum absolute atomic E-state index is 0.260. The SMILES string of the molecule is CC1CCCN1c1nc(Cl)cc(N2CCN(C(=O)OC(C)(C)C)CC2)n1. The number of halogens is 1. The van der Waals surface area contributed by atoms with Crippen LogP contribution in [0.4, 0.5) is 16.6 Å². The minimum atomic E-state index is -0.476. The van der Waals surface area contributed by atoms with Crippen molar-refractivity contribution >= 4 is 29.5 Å². The zero-order valence-corrected chi connectivity index (χ0v) is 16.8. The van der Waals surface area contributed by atoms with Gasteiger partial charge in [0, 0.05) is 44.8 Å². The smallest absolute Gasteiger partial charge is 0.410 e. The van der Waals surface area contributed by atoms with Crippen molar-refractivity contribution in [2.75, 3.05) is 42.5 Å². The molecule has 0 bridgehead atoms. The van der Waals surface area contributed by atoms with Crippen LogP contribution in [0.3, 0.4) is 0 Å². The molecule has 2 aliphatic heterocycles. The van der Waals surface area contributed by atoms with Crippen molar-refractivity contribution in [1.82, 2.24) is 14.9 Å². The van der Waals surface area contributed by atoms with Gasteiger partial charge in [-0.1, -0.05) is 11.6 Å². The summed E-state index contributed by atoms with van der Waals surface area (Å²) in [7, 11) is 0. The molecule has 1 aromatic heterocycles. The molecule has 0 spiro atoms. The Hall–Kier alpha value is -1.76. The quantitative estimate of drug-likeness (QED) is 0.733. The molecule has 0 saturated carbocycles. The monoisotopic (exact) mass is 381 g/mol. The van der Waals surface area contributed by atoms with Crippen molar-refractivity contribution in [1.29, 1.82) is 0 Å². The Balaban J connectivity index is 1.66. The molecule has 144 valence electrons. The van der Waals surface area contributed by atoms with Gasteiger partial charge >= 0.3 is 6.09 Å². The fourth-order valence-electron chi connectivity index (χ4n) is 3.36. The van der Waals surface area contributed by atoms with Gasteiger partial charge in [0.1, 0.15) is 16.6 Å². The lowest BCUT2D eigenvalue weighted by Crippen LogP contribution is -2.50. The van der Waals surface area contributed by atoms with Gasteiger partial charge in [0.15, 0.2) is 0 Å². The second-order valence-corrected chi connectivity index (χ2v) is 8.38. The number of carbonyl (C=O) groups is 1. The molecule has 2 fully saturated rings. The number of amides is 1. The van der Waals surface area contributed by atoms with Crippen molar-refractivity contribution < 1.29 is 9.53 Å². The molecule has 3 heterocycles. The third-order valence-electron chi connectivity index (χ3n) is 4.73. The summed E-state index contributed by atoms with van der Waals surface area (Å²) in [5.74, 6) is 1.52. The van der Waals surface area contributed by atoms with E-state index in [1.165, 1.54) is 0 Å². The summed E-state index contributed by atoms with van der Waals surface area (Å²) in [5, 5.41) is 0.457. The lowest BCUT2D eigenvalue weighted by Gasteiger charge is -2.36. The maximum absolute atomic E-state index is 12.2. The highest BCUT2D eigenvalue weighted by Gasteiger charge is 2.28. The number of hydrogen-bond acceptors (Lipinski definition) is 6. The van der Waals surface area contributed by atoms with Gasteiger partial charge in [-0.3, -0.25) is 0 Å². The van der Waals surface area contributed by atoms with Crippen LogP contribution in [0.2, 0.25) is 5.15 Å². The summed E-state index contributed by atoms with van der Waals surface area (Å²) in [6.45, 7) is 11.4. The molecule has 1 aromatic rings. The number of nitrogens with zero attached hydrogens (tertiary/aromatic N) is 5. The van der Waals surface area contributed by atoms with Gasteiger partial charge in [-0.2, -0.15) is 4.98 Å². The Morgan fingerprint density at radius 2 is 1.88 bits per heavy atom. The van der Waals surface area contributed by atoms with Gasteiger partial charge in [-0.05, 0) is 40.5 Å². The van der Waals surface area contributed by atoms with E-state index < -0.39 is 5.60 Å². The topological polar surface area (TPSA) is 61.8 Å². The third-order valence-corrected chi connectivity index (χ3v) is 4.93. The molecular formula is C18H28ClN5O2. The molecule has 3 rings (SSSR count). The number of aromatic nitrogens is 2. The van der Waals surface area contributed by atoms with Crippen molar-refractivity contribution in [3.8, 4) is 0 Å². The molecule has 1 atom stereocenters. The summed E-state index contributed by atoms with van der Waals surface area (Å²) in [4.78, 5) is 27.5. The Labute approximate surface area is 160 Å². The zero-order chi connectivity index (χ0) is 18.9. The van der Waals surface area contributed by atoms with E-state index in [1.807, 2.05) is 20.8 Å². The second kappa shape index (κ2) is 7.47. The molecule has 0 aromatic carbocycles. The van der Waals surface area contributed by atoms with Crippen molar-refractivity contribution in [2.24, 2.45) is 0 Å². The third kappa shape index (κ3) is 4.50. The first kappa shape index (κ1) is 19.0. The molecule has 0 radical (unpaired) electrons. The van der Waals surface area contributed by atoms with E-state index in [9.17, 15) is 4.79 Å². The molecule has 0 N–H and O–H groups in total. The zero-order valence-electron chi connectivity index (χ0n) is 16.0. The molecular weight excluding hydrogens is 354 g/mol. The van der Waals surface area contributed by atoms with Crippen molar-refractivity contribution in [3.05, 3.63) is 11.2 Å². The van der Waals surface area contributed by atoms with Gasteiger partial charge in [0.05, 0.1) is 0 Å². The lowest BCUT2D eigenvalue weighted by atomic mass is 10.2. The molecule has 1 unspecified atom stereocenters. The average molecular weight is 382 g/mol. The molecule has 1 amide bonds. The molecule has 7 nitrogen and oxygen atoms in total. The van der Waals surface area contributed by atoms with Crippen molar-refractivity contribution in [2.45, 2.75) is 52.2 Å². The van der Waals surface area contributed by atoms with E-state index in [1.54, 1.807) is 11.0 Å². The summed E-state index contributed by atoms with van der Waals surface area (Å²) >= 11 is 6.26. The maximum atomic E-state index is 12.2. The predicted octanol–water partition coefficient (Wildman–Crippen LogP) is 3.18. The van der Waals surface area contributed by atoms with Crippen LogP contribution in [0, 0.1) is 0 Å². The number of hydrogen-bond donors (Lipinski definition) is 0. The standard InChI is InChI=1S/C18H28ClN5O2/c1-13-6-5-7-24(13)16-20-14(19)12-15(21-16)22-8-10-23(11-9-22)17(25)26-18(2,3)4/h12-13H,5-11H2,1-4H3. The first-order chi connectivity index (χ1) is 12.2. The normalized spacial score (nSPS) is 21.3. The Morgan fingerprint density at radius 3 is 2.46 bits per heavy atom. The van der Waals surface area contributed by atoms with Crippen LogP contribution in [0.25, 0.3) is 0 Å². The Bertz CT molecular complexity index is 655. The minimum Gasteiger partial charge on any atom is -0.444 e. The van der Waals surface area contributed by atoms with Crippen LogP contribution < -0.4 is 9.80 Å². The molecule has 26 heavy (non-hydrogen) atoms. The summed E-state index contributed by atoms with van der Waals surface area (Å²) in [6.07, 6.45) is 2.05. The first-order valence-electron chi connectivity index (χ1n) is 9.27. The Kier molecular flexibility index (Phi) is 5.46. The predicted molar refractivity (Wildman–Crippen MR) is 103 cm³/mol. The van der Waals surface area contributed by atoms with E-state index in [4.69, 9.17) is 21.3 Å². The van der Waals surface area contributed by atoms with E-state index in [0.29, 0.717) is 43.3 Å². The van der Waals surface area contributed by atoms with Gasteiger partial charge in [0.2, 0.25) is 5.95 Å². The fourth-order valence-corrected chi connectivity index (χ4v) is 3.53. The van der Waals surface area contributed by atoms with Crippen LogP contribution in [-0.4, -0.2) is 65.3 Å². The van der Waals surface area contributed by atoms with Crippen LogP contribution in [-0.2, 0) is 4.74 Å². The lowest BCUT2D eigenvalue weighted by molar-refractivity contribution is 0.0240. The summed E-state index contributed by atoms with van der Waals surface area (Å²) in [5.41, 5.74) is -0.476. The second-order valence-electron chi connectivity index (χ2n) is 7.99. The van der Waals surface area contributed by atoms with Gasteiger partial charge in [0.25, 0.3) is 0 Å². The highest BCUT2D eigenvalue weighted by atomic mass is 35.5. The van der Waals surface area contributed by atoms with Crippen LogP contribution in [0.15, 0.2) is 6.07 Å². The summed E-state index contributed by atoms with van der Waals surface area (Å²) in [6, 6.07) is 2.24. The van der Waals surface area contributed by atoms with E-state index in [2.05, 4.69) is 21.7 Å². The number of piperazine rings is 1. The average Bonchev–Trinajstić information content (AvgIpc) is 2.99. The van der Waals surface area contributed by atoms with E-state index >= 15 is 0 Å². The maximum Gasteiger partial charge on any atom is 0.410 e. The van der Waals surface area contributed by atoms with Crippen LogP contribution in [0.1, 0.15) is 40.5 Å². The highest BCUT2D eigenvalue weighted by Crippen LogP contribution is 2.27. The number of ether oxygens (including phenoxy) is 1. The van der Waals surface area contributed by atoms with E-state index in [0.717, 1.165) is 25.2 Å². The molecule has 8 heteroatoms. The van der Waals surface area contributed by atoms with Crippen LogP contribution >= 0.6 is 11.6 Å². The molecule has 2 saturated heterocycles. The van der Waals surface area contributed by atoms with Gasteiger partial charge in [-0.15, -0.1) is 0 Å². The first-order valence-corrected chi connectivity index (χ1v) is 9.65. The van der Waals surface area contributed by atoms with Gasteiger partial charge in [-0.25, -0.2) is 9.78 Å². The van der Waals surface area contributed by atoms with E-state index in [-0.39, 0.29) is 6.09 Å². The highest BCUT2D eigenvalue weighted by molar-refractivity contribution is 6.29. The van der Waals surface area contributed by atoms with Crippen LogP contribution in [0.5, 0.6) is 0 Å². The largest absolute Gasteiger partial charge is 0.444 e. The molecule has 2 aliphatic rings. The fraction of sp³-hybridized carbons (Fsp3) is 0.722. The van der Waals surface area contributed by atoms with Gasteiger partial charge < -0.3 is 19.4 Å². The van der Waals surface area contributed by atoms with Crippen molar-refractivity contribution in [3.63, 3.8) is 0 Å². The number of carbonyl (C=O) groups excluding carboxylic acids is 1. The number of anilines is 2. The summed E-state index contributed by atoms with van der Waals surface area (Å²) < 4.78 is 5.45. The Morgan fingerprint density at radius 1 is 1.19 bits per heavy atom. The molecule has 0 aliphatic carbocycles.